The molecule has 0 aliphatic carbocycles. The van der Waals surface area contributed by atoms with Crippen molar-refractivity contribution in [1.29, 1.82) is 0 Å². The maximum Gasteiger partial charge on any atom is 0.220 e. The normalized spacial score (nSPS) is 27.9. The van der Waals surface area contributed by atoms with Gasteiger partial charge in [-0.1, -0.05) is 296 Å². The van der Waals surface area contributed by atoms with Gasteiger partial charge < -0.3 is 89.9 Å². The molecule has 0 aromatic heterocycles. The molecule has 0 radical (unpaired) electrons. The summed E-state index contributed by atoms with van der Waals surface area (Å²) in [6.07, 6.45) is 35.0. The molecule has 0 spiro atoms. The molecule has 12 N–H and O–H groups in total. The van der Waals surface area contributed by atoms with E-state index in [9.17, 15) is 61.0 Å². The van der Waals surface area contributed by atoms with E-state index in [1.807, 2.05) is 6.08 Å². The molecule has 91 heavy (non-hydrogen) atoms. The van der Waals surface area contributed by atoms with Crippen LogP contribution in [0, 0.1) is 0 Å². The van der Waals surface area contributed by atoms with Crippen molar-refractivity contribution in [2.75, 3.05) is 26.4 Å². The van der Waals surface area contributed by atoms with Crippen LogP contribution in [0.15, 0.2) is 12.2 Å². The highest BCUT2D eigenvalue weighted by Gasteiger charge is 2.53. The van der Waals surface area contributed by atoms with Gasteiger partial charge in [0.25, 0.3) is 0 Å². The molecule has 1 amide bonds. The van der Waals surface area contributed by atoms with Crippen molar-refractivity contribution >= 4 is 5.91 Å². The summed E-state index contributed by atoms with van der Waals surface area (Å²) in [6, 6.07) is -0.968. The Kier molecular flexibility index (Phi) is 50.2. The highest BCUT2D eigenvalue weighted by molar-refractivity contribution is 5.76. The van der Waals surface area contributed by atoms with E-state index in [0.29, 0.717) is 6.42 Å². The molecule has 3 aliphatic rings. The number of rotatable bonds is 59. The van der Waals surface area contributed by atoms with Crippen molar-refractivity contribution in [1.82, 2.24) is 5.32 Å². The van der Waals surface area contributed by atoms with Gasteiger partial charge in [-0.3, -0.25) is 4.79 Å². The predicted octanol–water partition coefficient (Wildman–Crippen LogP) is 10.8. The predicted molar refractivity (Wildman–Crippen MR) is 356 cm³/mol. The van der Waals surface area contributed by atoms with Crippen LogP contribution in [0.5, 0.6) is 0 Å². The SMILES string of the molecule is CCCCCCCCCCCCCC/C=C/C(O)C(COC1OC(CO)C(OC2OC(CO)C(OC3OC(CO)C(O)C(O)C3O)C(O)C2O)C(O)C1O)NC(=O)CCCCCCCCCCCCCCCCCCCCCCCCCCCCCCCCCC. The first-order valence-corrected chi connectivity index (χ1v) is 37.4. The second-order valence-corrected chi connectivity index (χ2v) is 27.1. The first kappa shape index (κ1) is 83.8. The fourth-order valence-corrected chi connectivity index (χ4v) is 13.0. The Bertz CT molecular complexity index is 1700. The number of ether oxygens (including phenoxy) is 6. The minimum atomic E-state index is -1.98. The van der Waals surface area contributed by atoms with Crippen molar-refractivity contribution in [3.63, 3.8) is 0 Å². The Morgan fingerprint density at radius 2 is 0.681 bits per heavy atom. The van der Waals surface area contributed by atoms with E-state index in [1.165, 1.54) is 238 Å². The molecule has 0 aromatic rings. The third-order valence-electron chi connectivity index (χ3n) is 19.1. The van der Waals surface area contributed by atoms with Crippen molar-refractivity contribution in [3.8, 4) is 0 Å². The standard InChI is InChI=1S/C72H137NO18/c1-3-5-7-9-11-13-15-17-19-20-21-22-23-24-25-26-27-28-29-30-31-32-33-34-35-36-38-40-42-44-46-48-50-60(78)73-55(56(77)49-47-45-43-41-39-37-18-16-14-12-10-8-6-4-2)54-86-70-66(84)63(81)68(58(52-75)88-70)91-72-67(85)64(82)69(59(53-76)89-72)90-71-65(83)62(80)61(79)57(51-74)87-71/h47,49,55-59,61-72,74-77,79-85H,3-46,48,50-54H2,1-2H3,(H,73,78)/b49-47+. The summed E-state index contributed by atoms with van der Waals surface area (Å²) in [6.45, 7) is 1.77. The molecule has 3 saturated heterocycles. The summed E-state index contributed by atoms with van der Waals surface area (Å²) in [5.41, 5.74) is 0. The van der Waals surface area contributed by atoms with Crippen LogP contribution in [0.2, 0.25) is 0 Å². The quantitative estimate of drug-likeness (QED) is 0.0199. The van der Waals surface area contributed by atoms with Gasteiger partial charge in [0.15, 0.2) is 18.9 Å². The second kappa shape index (κ2) is 54.5. The number of aliphatic hydroxyl groups is 11. The van der Waals surface area contributed by atoms with E-state index in [4.69, 9.17) is 28.4 Å². The fraction of sp³-hybridized carbons (Fsp3) is 0.958. The average Bonchev–Trinajstić information content (AvgIpc) is 0.885. The van der Waals surface area contributed by atoms with Gasteiger partial charge in [-0.15, -0.1) is 0 Å². The number of nitrogens with one attached hydrogen (secondary N) is 1. The van der Waals surface area contributed by atoms with Crippen molar-refractivity contribution in [2.45, 2.75) is 413 Å². The average molecular weight is 1300 g/mol. The summed E-state index contributed by atoms with van der Waals surface area (Å²) >= 11 is 0. The zero-order valence-electron chi connectivity index (χ0n) is 57.1. The zero-order valence-corrected chi connectivity index (χ0v) is 57.1. The van der Waals surface area contributed by atoms with Gasteiger partial charge in [0, 0.05) is 6.42 Å². The minimum Gasteiger partial charge on any atom is -0.394 e. The first-order chi connectivity index (χ1) is 44.3. The fourth-order valence-electron chi connectivity index (χ4n) is 13.0. The Labute approximate surface area is 550 Å². The lowest BCUT2D eigenvalue weighted by atomic mass is 9.96. The summed E-state index contributed by atoms with van der Waals surface area (Å²) in [7, 11) is 0. The van der Waals surface area contributed by atoms with Crippen molar-refractivity contribution < 1.29 is 89.4 Å². The van der Waals surface area contributed by atoms with E-state index in [1.54, 1.807) is 6.08 Å². The summed E-state index contributed by atoms with van der Waals surface area (Å²) in [5, 5.41) is 121. The van der Waals surface area contributed by atoms with Crippen LogP contribution in [-0.2, 0) is 33.2 Å². The van der Waals surface area contributed by atoms with Gasteiger partial charge in [-0.05, 0) is 19.3 Å². The molecule has 0 bridgehead atoms. The number of allylic oxidation sites excluding steroid dienone is 1. The van der Waals surface area contributed by atoms with E-state index >= 15 is 0 Å². The molecule has 0 saturated carbocycles. The molecule has 19 heteroatoms. The van der Waals surface area contributed by atoms with Gasteiger partial charge in [0.1, 0.15) is 73.2 Å². The lowest BCUT2D eigenvalue weighted by Gasteiger charge is -2.48. The van der Waals surface area contributed by atoms with E-state index in [0.717, 1.165) is 44.9 Å². The van der Waals surface area contributed by atoms with Crippen LogP contribution in [0.3, 0.4) is 0 Å². The van der Waals surface area contributed by atoms with E-state index in [2.05, 4.69) is 19.2 Å². The molecule has 17 atom stereocenters. The number of unbranched alkanes of at least 4 members (excludes halogenated alkanes) is 43. The number of carbonyl (C=O) groups is 1. The summed E-state index contributed by atoms with van der Waals surface area (Å²) < 4.78 is 34.4. The molecule has 538 valence electrons. The third-order valence-corrected chi connectivity index (χ3v) is 19.1. The van der Waals surface area contributed by atoms with Crippen LogP contribution < -0.4 is 5.32 Å². The topological polar surface area (TPSA) is 307 Å². The Balaban J connectivity index is 1.34. The number of amides is 1. The second-order valence-electron chi connectivity index (χ2n) is 27.1. The highest BCUT2D eigenvalue weighted by Crippen LogP contribution is 2.33. The largest absolute Gasteiger partial charge is 0.394 e. The lowest BCUT2D eigenvalue weighted by molar-refractivity contribution is -0.379. The smallest absolute Gasteiger partial charge is 0.220 e. The molecule has 17 unspecified atom stereocenters. The number of hydrogen-bond donors (Lipinski definition) is 12. The van der Waals surface area contributed by atoms with Gasteiger partial charge >= 0.3 is 0 Å². The maximum absolute atomic E-state index is 13.4. The van der Waals surface area contributed by atoms with Crippen LogP contribution in [0.4, 0.5) is 0 Å². The summed E-state index contributed by atoms with van der Waals surface area (Å²) in [4.78, 5) is 13.4. The highest BCUT2D eigenvalue weighted by atomic mass is 16.8. The third kappa shape index (κ3) is 36.1. The maximum atomic E-state index is 13.4. The van der Waals surface area contributed by atoms with Crippen LogP contribution >= 0.6 is 0 Å². The minimum absolute atomic E-state index is 0.250. The van der Waals surface area contributed by atoms with Crippen LogP contribution in [-0.4, -0.2) is 193 Å². The van der Waals surface area contributed by atoms with Gasteiger partial charge in [-0.2, -0.15) is 0 Å². The van der Waals surface area contributed by atoms with Crippen LogP contribution in [0.1, 0.15) is 309 Å². The van der Waals surface area contributed by atoms with Crippen molar-refractivity contribution in [2.24, 2.45) is 0 Å². The Hall–Kier alpha value is -1.47. The van der Waals surface area contributed by atoms with Gasteiger partial charge in [-0.25, -0.2) is 0 Å². The van der Waals surface area contributed by atoms with Gasteiger partial charge in [0.05, 0.1) is 38.6 Å². The molecule has 19 nitrogen and oxygen atoms in total. The molecule has 0 aromatic carbocycles. The van der Waals surface area contributed by atoms with E-state index < -0.39 is 124 Å². The van der Waals surface area contributed by atoms with Crippen molar-refractivity contribution in [3.05, 3.63) is 12.2 Å². The van der Waals surface area contributed by atoms with E-state index in [-0.39, 0.29) is 18.9 Å². The molecule has 3 rings (SSSR count). The lowest BCUT2D eigenvalue weighted by Crippen LogP contribution is -2.66. The van der Waals surface area contributed by atoms with Crippen LogP contribution in [0.25, 0.3) is 0 Å². The number of aliphatic hydroxyl groups excluding tert-OH is 11. The van der Waals surface area contributed by atoms with Gasteiger partial charge in [0.2, 0.25) is 5.91 Å². The molecule has 3 heterocycles. The number of carbonyl (C=O) groups excluding carboxylic acids is 1. The summed E-state index contributed by atoms with van der Waals surface area (Å²) in [5.74, 6) is -0.269. The number of hydrogen-bond acceptors (Lipinski definition) is 18. The Morgan fingerprint density at radius 3 is 1.03 bits per heavy atom. The molecular weight excluding hydrogens is 1170 g/mol. The Morgan fingerprint density at radius 1 is 0.385 bits per heavy atom. The molecular formula is C72H137NO18. The molecule has 3 aliphatic heterocycles. The first-order valence-electron chi connectivity index (χ1n) is 37.4. The zero-order chi connectivity index (χ0) is 66.1. The monoisotopic (exact) mass is 1300 g/mol. The molecule has 3 fully saturated rings.